The normalized spacial score (nSPS) is 11.1. The summed E-state index contributed by atoms with van der Waals surface area (Å²) in [5, 5.41) is 5.71. The average molecular weight is 518 g/mol. The fraction of sp³-hybridized carbons (Fsp3) is 0.200. The third-order valence-electron chi connectivity index (χ3n) is 5.05. The number of hydrogen-bond donors (Lipinski definition) is 2. The topological polar surface area (TPSA) is 95.6 Å². The summed E-state index contributed by atoms with van der Waals surface area (Å²) in [6, 6.07) is 16.4. The molecule has 0 saturated heterocycles. The fourth-order valence-corrected chi connectivity index (χ4v) is 4.47. The summed E-state index contributed by atoms with van der Waals surface area (Å²) >= 11 is 5.86. The van der Waals surface area contributed by atoms with Crippen LogP contribution in [-0.4, -0.2) is 44.6 Å². The van der Waals surface area contributed by atoms with Gasteiger partial charge >= 0.3 is 6.03 Å². The van der Waals surface area contributed by atoms with Crippen molar-refractivity contribution in [2.24, 2.45) is 0 Å². The number of nitrogens with one attached hydrogen (secondary N) is 2. The number of carbonyl (C=O) groups excluding carboxylic acids is 2. The van der Waals surface area contributed by atoms with E-state index in [1.165, 1.54) is 23.1 Å². The predicted molar refractivity (Wildman–Crippen MR) is 136 cm³/mol. The monoisotopic (exact) mass is 517 g/mol. The van der Waals surface area contributed by atoms with Crippen LogP contribution in [0, 0.1) is 5.82 Å². The smallest absolute Gasteiger partial charge is 0.322 e. The molecule has 0 bridgehead atoms. The molecule has 0 aliphatic rings. The Bertz CT molecular complexity index is 1330. The first kappa shape index (κ1) is 26.2. The number of urea groups is 1. The summed E-state index contributed by atoms with van der Waals surface area (Å²) in [4.78, 5) is 26.6. The van der Waals surface area contributed by atoms with Crippen molar-refractivity contribution >= 4 is 44.8 Å². The van der Waals surface area contributed by atoms with Crippen LogP contribution in [0.5, 0.6) is 0 Å². The average Bonchev–Trinajstić information content (AvgIpc) is 2.81. The standard InChI is InChI=1S/C25H25ClFN3O4S/c1-3-14-30(25(32)28-19-11-9-18(26)10-12-19)16-24(31)29-22-13-8-17(15-21(22)27)20-6-4-5-7-23(20)35(2,33)34/h4-13,15H,3,14,16H2,1-2H3,(H,28,32)(H,29,31). The Morgan fingerprint density at radius 1 is 1.00 bits per heavy atom. The minimum absolute atomic E-state index is 0.0786. The quantitative estimate of drug-likeness (QED) is 0.416. The molecule has 10 heteroatoms. The van der Waals surface area contributed by atoms with Crippen LogP contribution in [0.4, 0.5) is 20.6 Å². The molecule has 7 nitrogen and oxygen atoms in total. The SMILES string of the molecule is CCCN(CC(=O)Nc1ccc(-c2ccccc2S(C)(=O)=O)cc1F)C(=O)Nc1ccc(Cl)cc1. The molecule has 184 valence electrons. The van der Waals surface area contributed by atoms with Crippen molar-refractivity contribution in [3.8, 4) is 11.1 Å². The van der Waals surface area contributed by atoms with E-state index in [-0.39, 0.29) is 17.1 Å². The van der Waals surface area contributed by atoms with Crippen LogP contribution < -0.4 is 10.6 Å². The molecule has 0 fully saturated rings. The Morgan fingerprint density at radius 3 is 2.31 bits per heavy atom. The number of nitrogens with zero attached hydrogens (tertiary/aromatic N) is 1. The van der Waals surface area contributed by atoms with Crippen LogP contribution in [0.3, 0.4) is 0 Å². The van der Waals surface area contributed by atoms with Crippen molar-refractivity contribution in [2.75, 3.05) is 30.0 Å². The third-order valence-corrected chi connectivity index (χ3v) is 6.46. The van der Waals surface area contributed by atoms with Crippen LogP contribution in [0.25, 0.3) is 11.1 Å². The highest BCUT2D eigenvalue weighted by molar-refractivity contribution is 7.90. The molecule has 0 aliphatic heterocycles. The third kappa shape index (κ3) is 7.03. The second kappa shape index (κ2) is 11.3. The molecule has 35 heavy (non-hydrogen) atoms. The van der Waals surface area contributed by atoms with Crippen molar-refractivity contribution in [1.29, 1.82) is 0 Å². The second-order valence-electron chi connectivity index (χ2n) is 7.87. The van der Waals surface area contributed by atoms with Crippen LogP contribution in [0.15, 0.2) is 71.6 Å². The van der Waals surface area contributed by atoms with E-state index in [1.807, 2.05) is 6.92 Å². The minimum atomic E-state index is -3.52. The van der Waals surface area contributed by atoms with Crippen LogP contribution in [0.1, 0.15) is 13.3 Å². The summed E-state index contributed by atoms with van der Waals surface area (Å²) in [5.41, 5.74) is 1.17. The Labute approximate surface area is 208 Å². The maximum absolute atomic E-state index is 14.8. The molecule has 3 rings (SSSR count). The van der Waals surface area contributed by atoms with Gasteiger partial charge in [-0.2, -0.15) is 0 Å². The molecular formula is C25H25ClFN3O4S. The van der Waals surface area contributed by atoms with Crippen molar-refractivity contribution in [3.63, 3.8) is 0 Å². The van der Waals surface area contributed by atoms with E-state index >= 15 is 0 Å². The molecule has 0 heterocycles. The zero-order chi connectivity index (χ0) is 25.6. The number of hydrogen-bond acceptors (Lipinski definition) is 4. The molecule has 0 unspecified atom stereocenters. The Hall–Kier alpha value is -3.43. The van der Waals surface area contributed by atoms with Gasteiger partial charge in [0.1, 0.15) is 12.4 Å². The molecule has 0 radical (unpaired) electrons. The van der Waals surface area contributed by atoms with Crippen molar-refractivity contribution in [2.45, 2.75) is 18.2 Å². The van der Waals surface area contributed by atoms with E-state index in [0.717, 1.165) is 12.3 Å². The highest BCUT2D eigenvalue weighted by Gasteiger charge is 2.19. The van der Waals surface area contributed by atoms with Gasteiger partial charge in [0.2, 0.25) is 5.91 Å². The number of amides is 3. The van der Waals surface area contributed by atoms with Crippen molar-refractivity contribution in [3.05, 3.63) is 77.6 Å². The molecule has 0 saturated carbocycles. The summed E-state index contributed by atoms with van der Waals surface area (Å²) < 4.78 is 39.0. The Kier molecular flexibility index (Phi) is 8.48. The van der Waals surface area contributed by atoms with Gasteiger partial charge in [-0.3, -0.25) is 4.79 Å². The lowest BCUT2D eigenvalue weighted by Gasteiger charge is -2.22. The summed E-state index contributed by atoms with van der Waals surface area (Å²) in [6.07, 6.45) is 1.70. The van der Waals surface area contributed by atoms with Crippen molar-refractivity contribution in [1.82, 2.24) is 4.90 Å². The van der Waals surface area contributed by atoms with Gasteiger partial charge in [-0.25, -0.2) is 17.6 Å². The van der Waals surface area contributed by atoms with Crippen LogP contribution in [0.2, 0.25) is 5.02 Å². The van der Waals surface area contributed by atoms with E-state index in [4.69, 9.17) is 11.6 Å². The first-order valence-electron chi connectivity index (χ1n) is 10.8. The molecule has 0 aliphatic carbocycles. The number of halogens is 2. The van der Waals surface area contributed by atoms with E-state index < -0.39 is 27.6 Å². The van der Waals surface area contributed by atoms with Gasteiger partial charge in [0, 0.05) is 29.1 Å². The van der Waals surface area contributed by atoms with Gasteiger partial charge in [-0.05, 0) is 54.4 Å². The van der Waals surface area contributed by atoms with Crippen LogP contribution >= 0.6 is 11.6 Å². The Balaban J connectivity index is 1.72. The lowest BCUT2D eigenvalue weighted by atomic mass is 10.0. The lowest BCUT2D eigenvalue weighted by Crippen LogP contribution is -2.41. The first-order valence-corrected chi connectivity index (χ1v) is 13.1. The molecule has 3 amide bonds. The Morgan fingerprint density at radius 2 is 1.69 bits per heavy atom. The van der Waals surface area contributed by atoms with Gasteiger partial charge < -0.3 is 15.5 Å². The van der Waals surface area contributed by atoms with E-state index in [9.17, 15) is 22.4 Å². The fourth-order valence-electron chi connectivity index (χ4n) is 3.43. The molecule has 0 atom stereocenters. The van der Waals surface area contributed by atoms with Gasteiger partial charge in [-0.1, -0.05) is 42.8 Å². The van der Waals surface area contributed by atoms with Gasteiger partial charge in [-0.15, -0.1) is 0 Å². The molecule has 2 N–H and O–H groups in total. The minimum Gasteiger partial charge on any atom is -0.322 e. The number of anilines is 2. The maximum atomic E-state index is 14.8. The van der Waals surface area contributed by atoms with Crippen molar-refractivity contribution < 1.29 is 22.4 Å². The number of rotatable bonds is 8. The highest BCUT2D eigenvalue weighted by Crippen LogP contribution is 2.29. The largest absolute Gasteiger partial charge is 0.322 e. The van der Waals surface area contributed by atoms with Gasteiger partial charge in [0.25, 0.3) is 0 Å². The second-order valence-corrected chi connectivity index (χ2v) is 10.3. The molecular weight excluding hydrogens is 493 g/mol. The van der Waals surface area contributed by atoms with Gasteiger partial charge in [0.05, 0.1) is 10.6 Å². The number of sulfone groups is 1. The highest BCUT2D eigenvalue weighted by atomic mass is 35.5. The van der Waals surface area contributed by atoms with E-state index in [0.29, 0.717) is 34.8 Å². The first-order chi connectivity index (χ1) is 16.6. The van der Waals surface area contributed by atoms with Crippen LogP contribution in [-0.2, 0) is 14.6 Å². The molecule has 0 spiro atoms. The number of carbonyl (C=O) groups is 2. The zero-order valence-corrected chi connectivity index (χ0v) is 20.8. The van der Waals surface area contributed by atoms with Gasteiger partial charge in [0.15, 0.2) is 9.84 Å². The maximum Gasteiger partial charge on any atom is 0.322 e. The summed E-state index contributed by atoms with van der Waals surface area (Å²) in [6.45, 7) is 1.90. The summed E-state index contributed by atoms with van der Waals surface area (Å²) in [5.74, 6) is -1.31. The summed E-state index contributed by atoms with van der Waals surface area (Å²) in [7, 11) is -3.52. The molecule has 0 aromatic heterocycles. The van der Waals surface area contributed by atoms with E-state index in [2.05, 4.69) is 10.6 Å². The number of benzene rings is 3. The van der Waals surface area contributed by atoms with E-state index in [1.54, 1.807) is 42.5 Å². The predicted octanol–water partition coefficient (Wildman–Crippen LogP) is 5.43. The lowest BCUT2D eigenvalue weighted by molar-refractivity contribution is -0.116. The zero-order valence-electron chi connectivity index (χ0n) is 19.2. The molecule has 3 aromatic carbocycles. The molecule has 3 aromatic rings.